The van der Waals surface area contributed by atoms with E-state index in [1.54, 1.807) is 5.48 Å². The summed E-state index contributed by atoms with van der Waals surface area (Å²) in [7, 11) is 0. The van der Waals surface area contributed by atoms with Crippen LogP contribution in [0.15, 0.2) is 22.8 Å². The Kier molecular flexibility index (Phi) is 6.50. The predicted molar refractivity (Wildman–Crippen MR) is 80.9 cm³/mol. The Labute approximate surface area is 137 Å². The van der Waals surface area contributed by atoms with Crippen LogP contribution >= 0.6 is 0 Å². The summed E-state index contributed by atoms with van der Waals surface area (Å²) in [4.78, 5) is 23.0. The highest BCUT2D eigenvalue weighted by atomic mass is 16.8. The Hall–Kier alpha value is -2.68. The maximum atomic E-state index is 11.9. The third-order valence-corrected chi connectivity index (χ3v) is 3.53. The minimum atomic E-state index is -0.475. The Morgan fingerprint density at radius 1 is 1.25 bits per heavy atom. The molecule has 0 spiro atoms. The number of hydrogen-bond acceptors (Lipinski definition) is 7. The summed E-state index contributed by atoms with van der Waals surface area (Å²) in [5.41, 5.74) is 2.45. The van der Waals surface area contributed by atoms with Gasteiger partial charge in [0.2, 0.25) is 16.9 Å². The molecule has 0 unspecified atom stereocenters. The number of nitrogens with one attached hydrogen (secondary N) is 1. The van der Waals surface area contributed by atoms with E-state index in [1.165, 1.54) is 18.2 Å². The first-order valence-corrected chi connectivity index (χ1v) is 7.71. The van der Waals surface area contributed by atoms with Gasteiger partial charge in [-0.25, -0.2) is 10.3 Å². The molecule has 1 aromatic heterocycles. The zero-order valence-corrected chi connectivity index (χ0v) is 13.1. The third-order valence-electron chi connectivity index (χ3n) is 3.53. The minimum absolute atomic E-state index is 0.251. The zero-order valence-electron chi connectivity index (χ0n) is 13.1. The van der Waals surface area contributed by atoms with Gasteiger partial charge < -0.3 is 9.94 Å². The summed E-state index contributed by atoms with van der Waals surface area (Å²) >= 11 is 0. The molecule has 0 aliphatic carbocycles. The fourth-order valence-electron chi connectivity index (χ4n) is 2.23. The van der Waals surface area contributed by atoms with Crippen molar-refractivity contribution in [1.29, 1.82) is 0 Å². The summed E-state index contributed by atoms with van der Waals surface area (Å²) < 4.78 is 9.60. The van der Waals surface area contributed by atoms with Crippen LogP contribution in [0.1, 0.15) is 48.9 Å². The second-order valence-corrected chi connectivity index (χ2v) is 5.32. The standard InChI is InChI=1S/C15H19N3O6/c19-14(16-21)6-4-2-1-3-5-9-23-15(20)11-7-8-13-12(10-11)17-24-18(13)22/h7-8,10,21H,1-6,9H2,(H,16,19). The van der Waals surface area contributed by atoms with Crippen LogP contribution in [0, 0.1) is 5.21 Å². The van der Waals surface area contributed by atoms with E-state index < -0.39 is 5.97 Å². The van der Waals surface area contributed by atoms with Crippen LogP contribution in [0.3, 0.4) is 0 Å². The summed E-state index contributed by atoms with van der Waals surface area (Å²) in [6.45, 7) is 0.300. The zero-order chi connectivity index (χ0) is 17.4. The number of rotatable bonds is 9. The van der Waals surface area contributed by atoms with Gasteiger partial charge in [-0.15, -0.1) is 0 Å². The molecule has 1 aromatic carbocycles. The molecule has 0 aliphatic heterocycles. The number of fused-ring (bicyclic) bond motifs is 1. The number of aromatic nitrogens is 2. The first-order chi connectivity index (χ1) is 11.6. The van der Waals surface area contributed by atoms with Crippen molar-refractivity contribution in [3.8, 4) is 0 Å². The molecule has 24 heavy (non-hydrogen) atoms. The predicted octanol–water partition coefficient (Wildman–Crippen LogP) is 1.46. The summed E-state index contributed by atoms with van der Waals surface area (Å²) in [6, 6.07) is 4.39. The fraction of sp³-hybridized carbons (Fsp3) is 0.467. The molecule has 9 nitrogen and oxygen atoms in total. The highest BCUT2D eigenvalue weighted by molar-refractivity contribution is 5.92. The van der Waals surface area contributed by atoms with E-state index >= 15 is 0 Å². The molecule has 0 fully saturated rings. The number of unbranched alkanes of at least 4 members (excludes halogenated alkanes) is 4. The van der Waals surface area contributed by atoms with E-state index in [-0.39, 0.29) is 16.3 Å². The number of amides is 1. The number of nitrogens with zero attached hydrogens (tertiary/aromatic N) is 2. The number of ether oxygens (including phenoxy) is 1. The van der Waals surface area contributed by atoms with Crippen LogP contribution in [-0.4, -0.2) is 28.8 Å². The van der Waals surface area contributed by atoms with Gasteiger partial charge in [0.15, 0.2) is 0 Å². The number of carbonyl (C=O) groups is 2. The van der Waals surface area contributed by atoms with Crippen molar-refractivity contribution in [3.05, 3.63) is 29.0 Å². The van der Waals surface area contributed by atoms with Gasteiger partial charge in [0.05, 0.1) is 12.2 Å². The molecule has 0 atom stereocenters. The van der Waals surface area contributed by atoms with Crippen molar-refractivity contribution >= 4 is 22.9 Å². The monoisotopic (exact) mass is 337 g/mol. The quantitative estimate of drug-likeness (QED) is 0.233. The summed E-state index contributed by atoms with van der Waals surface area (Å²) in [6.07, 6.45) is 4.42. The molecule has 0 aliphatic rings. The molecule has 2 N–H and O–H groups in total. The summed E-state index contributed by atoms with van der Waals surface area (Å²) in [5.74, 6) is -0.854. The van der Waals surface area contributed by atoms with Crippen LogP contribution in [0.4, 0.5) is 0 Å². The van der Waals surface area contributed by atoms with Crippen molar-refractivity contribution in [1.82, 2.24) is 10.6 Å². The largest absolute Gasteiger partial charge is 0.462 e. The molecule has 0 bridgehead atoms. The fourth-order valence-corrected chi connectivity index (χ4v) is 2.23. The van der Waals surface area contributed by atoms with E-state index in [2.05, 4.69) is 9.79 Å². The SMILES string of the molecule is O=C(CCCCCCCOC(=O)c1ccc2c(c1)no[n+]2[O-])NO. The van der Waals surface area contributed by atoms with Gasteiger partial charge in [0.1, 0.15) is 0 Å². The first-order valence-electron chi connectivity index (χ1n) is 7.71. The van der Waals surface area contributed by atoms with Crippen LogP contribution in [0.5, 0.6) is 0 Å². The third kappa shape index (κ3) is 4.92. The van der Waals surface area contributed by atoms with Crippen molar-refractivity contribution in [2.45, 2.75) is 38.5 Å². The Morgan fingerprint density at radius 3 is 2.79 bits per heavy atom. The number of hydrogen-bond donors (Lipinski definition) is 2. The van der Waals surface area contributed by atoms with Gasteiger partial charge in [-0.2, -0.15) is 0 Å². The Morgan fingerprint density at radius 2 is 2.00 bits per heavy atom. The lowest BCUT2D eigenvalue weighted by molar-refractivity contribution is -0.782. The molecule has 2 aromatic rings. The molecule has 1 amide bonds. The second-order valence-electron chi connectivity index (χ2n) is 5.32. The van der Waals surface area contributed by atoms with Crippen LogP contribution in [0.25, 0.3) is 11.0 Å². The van der Waals surface area contributed by atoms with Crippen molar-refractivity contribution < 1.29 is 29.1 Å². The highest BCUT2D eigenvalue weighted by Crippen LogP contribution is 2.12. The summed E-state index contributed by atoms with van der Waals surface area (Å²) in [5, 5.41) is 23.1. The van der Waals surface area contributed by atoms with Gasteiger partial charge in [-0.05, 0) is 29.9 Å². The molecule has 0 radical (unpaired) electrons. The van der Waals surface area contributed by atoms with E-state index in [0.717, 1.165) is 25.7 Å². The van der Waals surface area contributed by atoms with Crippen LogP contribution in [-0.2, 0) is 9.53 Å². The molecule has 9 heteroatoms. The Bertz CT molecular complexity index is 700. The minimum Gasteiger partial charge on any atom is -0.462 e. The maximum absolute atomic E-state index is 11.9. The molecular formula is C15H19N3O6. The average Bonchev–Trinajstić information content (AvgIpc) is 2.97. The number of carbonyl (C=O) groups excluding carboxylic acids is 2. The number of hydroxylamine groups is 1. The van der Waals surface area contributed by atoms with Crippen molar-refractivity contribution in [2.24, 2.45) is 0 Å². The first kappa shape index (κ1) is 17.7. The van der Waals surface area contributed by atoms with Gasteiger partial charge in [-0.1, -0.05) is 19.3 Å². The number of esters is 1. The molecule has 0 saturated carbocycles. The lowest BCUT2D eigenvalue weighted by Gasteiger charge is -2.04. The second kappa shape index (κ2) is 8.82. The average molecular weight is 337 g/mol. The van der Waals surface area contributed by atoms with Crippen LogP contribution < -0.4 is 10.4 Å². The number of benzene rings is 1. The van der Waals surface area contributed by atoms with E-state index in [9.17, 15) is 14.8 Å². The molecule has 0 saturated heterocycles. The van der Waals surface area contributed by atoms with Crippen molar-refractivity contribution in [3.63, 3.8) is 0 Å². The maximum Gasteiger partial charge on any atom is 0.338 e. The smallest absolute Gasteiger partial charge is 0.338 e. The topological polar surface area (TPSA) is 129 Å². The normalized spacial score (nSPS) is 10.7. The van der Waals surface area contributed by atoms with E-state index in [0.29, 0.717) is 30.5 Å². The van der Waals surface area contributed by atoms with Gasteiger partial charge in [-0.3, -0.25) is 14.6 Å². The molecule has 2 rings (SSSR count). The molecular weight excluding hydrogens is 318 g/mol. The van der Waals surface area contributed by atoms with E-state index in [1.807, 2.05) is 0 Å². The molecule has 130 valence electrons. The Balaban J connectivity index is 1.63. The highest BCUT2D eigenvalue weighted by Gasteiger charge is 2.14. The van der Waals surface area contributed by atoms with Crippen LogP contribution in [0.2, 0.25) is 0 Å². The van der Waals surface area contributed by atoms with E-state index in [4.69, 9.17) is 9.94 Å². The van der Waals surface area contributed by atoms with Crippen molar-refractivity contribution in [2.75, 3.05) is 6.61 Å². The molecule has 1 heterocycles. The lowest BCUT2D eigenvalue weighted by atomic mass is 10.1. The van der Waals surface area contributed by atoms with Gasteiger partial charge in [0.25, 0.3) is 0 Å². The van der Waals surface area contributed by atoms with Gasteiger partial charge in [0, 0.05) is 17.6 Å². The van der Waals surface area contributed by atoms with Gasteiger partial charge >= 0.3 is 5.97 Å². The lowest BCUT2D eigenvalue weighted by Crippen LogP contribution is -2.22.